The fourth-order valence-corrected chi connectivity index (χ4v) is 9.29. The fraction of sp³-hybridized carbons (Fsp3) is 0. The summed E-state index contributed by atoms with van der Waals surface area (Å²) in [6.45, 7) is 0. The molecule has 1 N–H and O–H groups in total. The maximum Gasteiger partial charge on any atom is 0.0551 e. The van der Waals surface area contributed by atoms with Crippen LogP contribution in [0.25, 0.3) is 88.6 Å². The molecule has 0 saturated heterocycles. The minimum absolute atomic E-state index is 1.07. The number of rotatable bonds is 9. The molecule has 0 fully saturated rings. The van der Waals surface area contributed by atoms with E-state index in [0.29, 0.717) is 0 Å². The Morgan fingerprint density at radius 3 is 1.13 bits per heavy atom. The SMILES string of the molecule is c1ccc(-c2ccccc2-c2ccccc2N(c2ccccc2-c2ccccc2-c2ccccc2)c2ccccc2-c2c(-c3ccccc3)ccc3c2[nH]c2ccccc23)cc1. The molecule has 62 heavy (non-hydrogen) atoms. The topological polar surface area (TPSA) is 19.0 Å². The van der Waals surface area contributed by atoms with Crippen molar-refractivity contribution in [3.63, 3.8) is 0 Å². The van der Waals surface area contributed by atoms with Gasteiger partial charge in [-0.15, -0.1) is 0 Å². The van der Waals surface area contributed by atoms with Crippen LogP contribution < -0.4 is 4.90 Å². The van der Waals surface area contributed by atoms with E-state index in [0.717, 1.165) is 50.3 Å². The van der Waals surface area contributed by atoms with Gasteiger partial charge in [0.15, 0.2) is 0 Å². The Morgan fingerprint density at radius 1 is 0.242 bits per heavy atom. The maximum atomic E-state index is 3.91. The molecule has 0 aliphatic rings. The number of fused-ring (bicyclic) bond motifs is 3. The molecule has 10 aromatic carbocycles. The summed E-state index contributed by atoms with van der Waals surface area (Å²) < 4.78 is 0. The summed E-state index contributed by atoms with van der Waals surface area (Å²) in [5.41, 5.74) is 19.4. The molecule has 2 heteroatoms. The zero-order valence-electron chi connectivity index (χ0n) is 34.1. The van der Waals surface area contributed by atoms with Gasteiger partial charge in [0.05, 0.1) is 22.6 Å². The van der Waals surface area contributed by atoms with Crippen LogP contribution >= 0.6 is 0 Å². The lowest BCUT2D eigenvalue weighted by Gasteiger charge is -2.32. The number of H-pyrrole nitrogens is 1. The van der Waals surface area contributed by atoms with Crippen LogP contribution in [0.2, 0.25) is 0 Å². The van der Waals surface area contributed by atoms with Crippen molar-refractivity contribution in [3.8, 4) is 66.8 Å². The second-order valence-electron chi connectivity index (χ2n) is 15.7. The quantitative estimate of drug-likeness (QED) is 0.154. The smallest absolute Gasteiger partial charge is 0.0551 e. The number of hydrogen-bond acceptors (Lipinski definition) is 1. The standard InChI is InChI=1S/C60H42N2/c1-4-22-42(23-5-1)45-28-10-12-30-48(45)51-33-15-19-37-56(51)62(57-38-20-16-34-52(57)49-31-13-11-29-46(49)43-24-6-2-7-25-43)58-39-21-17-35-54(58)59-47(44-26-8-3-9-27-44)40-41-53-50-32-14-18-36-55(50)61-60(53)59/h1-41,61H. The molecule has 292 valence electrons. The van der Waals surface area contributed by atoms with Crippen LogP contribution in [0.15, 0.2) is 249 Å². The van der Waals surface area contributed by atoms with Gasteiger partial charge in [-0.05, 0) is 68.8 Å². The number of aromatic amines is 1. The van der Waals surface area contributed by atoms with E-state index < -0.39 is 0 Å². The van der Waals surface area contributed by atoms with Crippen molar-refractivity contribution in [1.29, 1.82) is 0 Å². The molecule has 2 nitrogen and oxygen atoms in total. The van der Waals surface area contributed by atoms with Crippen molar-refractivity contribution in [3.05, 3.63) is 249 Å². The summed E-state index contributed by atoms with van der Waals surface area (Å²) in [7, 11) is 0. The average Bonchev–Trinajstić information content (AvgIpc) is 3.74. The molecule has 0 spiro atoms. The molecule has 11 rings (SSSR count). The Bertz CT molecular complexity index is 3220. The summed E-state index contributed by atoms with van der Waals surface area (Å²) in [5, 5.41) is 2.41. The van der Waals surface area contributed by atoms with E-state index in [-0.39, 0.29) is 0 Å². The number of para-hydroxylation sites is 4. The Hall–Kier alpha value is -8.20. The van der Waals surface area contributed by atoms with Gasteiger partial charge in [-0.3, -0.25) is 0 Å². The van der Waals surface area contributed by atoms with Gasteiger partial charge >= 0.3 is 0 Å². The predicted octanol–water partition coefficient (Wildman–Crippen LogP) is 16.8. The third-order valence-corrected chi connectivity index (χ3v) is 12.1. The monoisotopic (exact) mass is 790 g/mol. The molecule has 1 heterocycles. The first kappa shape index (κ1) is 36.8. The van der Waals surface area contributed by atoms with Gasteiger partial charge in [-0.2, -0.15) is 0 Å². The molecular formula is C60H42N2. The minimum atomic E-state index is 1.07. The van der Waals surface area contributed by atoms with Gasteiger partial charge in [-0.25, -0.2) is 0 Å². The summed E-state index contributed by atoms with van der Waals surface area (Å²) in [4.78, 5) is 6.42. The van der Waals surface area contributed by atoms with Crippen LogP contribution in [0, 0.1) is 0 Å². The van der Waals surface area contributed by atoms with Crippen molar-refractivity contribution in [1.82, 2.24) is 4.98 Å². The number of benzene rings is 10. The van der Waals surface area contributed by atoms with Crippen LogP contribution in [-0.2, 0) is 0 Å². The van der Waals surface area contributed by atoms with Crippen LogP contribution in [0.3, 0.4) is 0 Å². The van der Waals surface area contributed by atoms with E-state index in [1.165, 1.54) is 55.3 Å². The fourth-order valence-electron chi connectivity index (χ4n) is 9.29. The average molecular weight is 791 g/mol. The first-order valence-corrected chi connectivity index (χ1v) is 21.3. The number of hydrogen-bond donors (Lipinski definition) is 1. The van der Waals surface area contributed by atoms with E-state index in [1.807, 2.05) is 0 Å². The molecule has 0 aliphatic carbocycles. The van der Waals surface area contributed by atoms with E-state index in [4.69, 9.17) is 0 Å². The molecule has 0 amide bonds. The van der Waals surface area contributed by atoms with Crippen molar-refractivity contribution in [2.45, 2.75) is 0 Å². The summed E-state index contributed by atoms with van der Waals surface area (Å²) in [5.74, 6) is 0. The Labute approximate surface area is 362 Å². The molecule has 11 aromatic rings. The van der Waals surface area contributed by atoms with E-state index in [9.17, 15) is 0 Å². The molecule has 0 aliphatic heterocycles. The lowest BCUT2D eigenvalue weighted by Crippen LogP contribution is -2.14. The number of nitrogens with one attached hydrogen (secondary N) is 1. The van der Waals surface area contributed by atoms with E-state index in [2.05, 4.69) is 259 Å². The first-order valence-electron chi connectivity index (χ1n) is 21.3. The second kappa shape index (κ2) is 16.1. The first-order chi connectivity index (χ1) is 30.8. The highest BCUT2D eigenvalue weighted by atomic mass is 15.1. The van der Waals surface area contributed by atoms with Crippen molar-refractivity contribution < 1.29 is 0 Å². The number of anilines is 3. The highest BCUT2D eigenvalue weighted by molar-refractivity contribution is 6.16. The molecular weight excluding hydrogens is 749 g/mol. The highest BCUT2D eigenvalue weighted by Crippen LogP contribution is 2.52. The van der Waals surface area contributed by atoms with E-state index in [1.54, 1.807) is 0 Å². The molecule has 0 unspecified atom stereocenters. The molecule has 1 aromatic heterocycles. The minimum Gasteiger partial charge on any atom is -0.354 e. The normalized spacial score (nSPS) is 11.2. The number of aromatic nitrogens is 1. The lowest BCUT2D eigenvalue weighted by atomic mass is 9.89. The molecule has 0 bridgehead atoms. The van der Waals surface area contributed by atoms with Gasteiger partial charge in [-0.1, -0.05) is 224 Å². The Balaban J connectivity index is 1.24. The predicted molar refractivity (Wildman–Crippen MR) is 263 cm³/mol. The van der Waals surface area contributed by atoms with Crippen molar-refractivity contribution in [2.75, 3.05) is 4.90 Å². The van der Waals surface area contributed by atoms with Crippen molar-refractivity contribution in [2.24, 2.45) is 0 Å². The van der Waals surface area contributed by atoms with Gasteiger partial charge in [0.25, 0.3) is 0 Å². The zero-order valence-corrected chi connectivity index (χ0v) is 34.1. The van der Waals surface area contributed by atoms with Crippen LogP contribution in [-0.4, -0.2) is 4.98 Å². The Morgan fingerprint density at radius 2 is 0.613 bits per heavy atom. The van der Waals surface area contributed by atoms with E-state index >= 15 is 0 Å². The molecule has 0 atom stereocenters. The van der Waals surface area contributed by atoms with Crippen LogP contribution in [0.1, 0.15) is 0 Å². The van der Waals surface area contributed by atoms with Gasteiger partial charge < -0.3 is 9.88 Å². The zero-order chi connectivity index (χ0) is 41.2. The van der Waals surface area contributed by atoms with Crippen molar-refractivity contribution >= 4 is 38.9 Å². The third-order valence-electron chi connectivity index (χ3n) is 12.1. The van der Waals surface area contributed by atoms with Gasteiger partial charge in [0.1, 0.15) is 0 Å². The molecule has 0 saturated carbocycles. The second-order valence-corrected chi connectivity index (χ2v) is 15.7. The highest BCUT2D eigenvalue weighted by Gasteiger charge is 2.27. The summed E-state index contributed by atoms with van der Waals surface area (Å²) in [6, 6.07) is 89.9. The van der Waals surface area contributed by atoms with Crippen LogP contribution in [0.4, 0.5) is 17.1 Å². The lowest BCUT2D eigenvalue weighted by molar-refractivity contribution is 1.28. The number of nitrogens with zero attached hydrogens (tertiary/aromatic N) is 1. The third kappa shape index (κ3) is 6.56. The maximum absolute atomic E-state index is 3.91. The molecule has 0 radical (unpaired) electrons. The van der Waals surface area contributed by atoms with Gasteiger partial charge in [0, 0.05) is 38.5 Å². The van der Waals surface area contributed by atoms with Crippen LogP contribution in [0.5, 0.6) is 0 Å². The largest absolute Gasteiger partial charge is 0.354 e. The van der Waals surface area contributed by atoms with Gasteiger partial charge in [0.2, 0.25) is 0 Å². The summed E-state index contributed by atoms with van der Waals surface area (Å²) >= 11 is 0. The Kier molecular flexibility index (Phi) is 9.57. The summed E-state index contributed by atoms with van der Waals surface area (Å²) in [6.07, 6.45) is 0.